The Kier molecular flexibility index (Phi) is 6.46. The van der Waals surface area contributed by atoms with E-state index in [1.165, 1.54) is 13.0 Å². The minimum atomic E-state index is -0.522. The van der Waals surface area contributed by atoms with Crippen molar-refractivity contribution < 1.29 is 18.7 Å². The van der Waals surface area contributed by atoms with Gasteiger partial charge in [-0.15, -0.1) is 0 Å². The van der Waals surface area contributed by atoms with Gasteiger partial charge in [0.2, 0.25) is 11.8 Å². The number of imidazole rings is 1. The largest absolute Gasteiger partial charge is 0.497 e. The molecule has 7 nitrogen and oxygen atoms in total. The van der Waals surface area contributed by atoms with Gasteiger partial charge in [-0.2, -0.15) is 0 Å². The van der Waals surface area contributed by atoms with Gasteiger partial charge in [0.15, 0.2) is 0 Å². The van der Waals surface area contributed by atoms with E-state index in [-0.39, 0.29) is 18.2 Å². The number of rotatable bonds is 7. The lowest BCUT2D eigenvalue weighted by Crippen LogP contribution is -2.29. The van der Waals surface area contributed by atoms with Crippen LogP contribution in [0.5, 0.6) is 5.75 Å². The van der Waals surface area contributed by atoms with Crippen molar-refractivity contribution in [2.75, 3.05) is 12.4 Å². The van der Waals surface area contributed by atoms with E-state index in [2.05, 4.69) is 15.6 Å². The van der Waals surface area contributed by atoms with Gasteiger partial charge >= 0.3 is 0 Å². The van der Waals surface area contributed by atoms with Crippen molar-refractivity contribution in [1.29, 1.82) is 0 Å². The van der Waals surface area contributed by atoms with Gasteiger partial charge in [0, 0.05) is 25.0 Å². The Balaban J connectivity index is 1.72. The number of anilines is 1. The molecule has 0 fully saturated rings. The molecule has 0 radical (unpaired) electrons. The summed E-state index contributed by atoms with van der Waals surface area (Å²) in [6.07, 6.45) is 3.25. The average molecular weight is 410 g/mol. The van der Waals surface area contributed by atoms with E-state index in [9.17, 15) is 14.0 Å². The van der Waals surface area contributed by atoms with E-state index in [1.807, 2.05) is 0 Å². The van der Waals surface area contributed by atoms with Crippen molar-refractivity contribution in [2.24, 2.45) is 0 Å². The predicted octanol–water partition coefficient (Wildman–Crippen LogP) is 3.53. The summed E-state index contributed by atoms with van der Waals surface area (Å²) in [5.41, 5.74) is 1.44. The molecule has 156 valence electrons. The fraction of sp³-hybridized carbons (Fsp3) is 0.227. The molecule has 1 heterocycles. The number of hydrogen-bond acceptors (Lipinski definition) is 4. The Labute approximate surface area is 173 Å². The van der Waals surface area contributed by atoms with Crippen molar-refractivity contribution in [3.05, 3.63) is 72.1 Å². The van der Waals surface area contributed by atoms with E-state index in [0.717, 1.165) is 5.56 Å². The molecule has 0 bridgehead atoms. The van der Waals surface area contributed by atoms with Crippen LogP contribution in [0.1, 0.15) is 30.8 Å². The van der Waals surface area contributed by atoms with Gasteiger partial charge in [0.05, 0.1) is 25.3 Å². The van der Waals surface area contributed by atoms with Gasteiger partial charge in [-0.1, -0.05) is 12.1 Å². The van der Waals surface area contributed by atoms with Crippen LogP contribution >= 0.6 is 0 Å². The first kappa shape index (κ1) is 21.0. The Morgan fingerprint density at radius 3 is 2.50 bits per heavy atom. The van der Waals surface area contributed by atoms with E-state index < -0.39 is 11.9 Å². The lowest BCUT2D eigenvalue weighted by atomic mass is 10.0. The molecule has 0 spiro atoms. The van der Waals surface area contributed by atoms with Gasteiger partial charge in [-0.25, -0.2) is 9.37 Å². The fourth-order valence-electron chi connectivity index (χ4n) is 3.14. The summed E-state index contributed by atoms with van der Waals surface area (Å²) in [5.74, 6) is 0.240. The van der Waals surface area contributed by atoms with Crippen LogP contribution in [0.4, 0.5) is 10.1 Å². The van der Waals surface area contributed by atoms with Crippen molar-refractivity contribution in [3.8, 4) is 11.4 Å². The Morgan fingerprint density at radius 2 is 1.93 bits per heavy atom. The summed E-state index contributed by atoms with van der Waals surface area (Å²) in [7, 11) is 1.56. The number of amides is 2. The molecule has 0 aliphatic carbocycles. The summed E-state index contributed by atoms with van der Waals surface area (Å²) in [5, 5.41) is 5.46. The quantitative estimate of drug-likeness (QED) is 0.624. The number of methoxy groups -OCH3 is 1. The molecule has 1 aromatic heterocycles. The van der Waals surface area contributed by atoms with Gasteiger partial charge in [0.1, 0.15) is 17.4 Å². The molecule has 0 saturated heterocycles. The van der Waals surface area contributed by atoms with Crippen molar-refractivity contribution in [3.63, 3.8) is 0 Å². The van der Waals surface area contributed by atoms with Gasteiger partial charge < -0.3 is 19.9 Å². The van der Waals surface area contributed by atoms with E-state index in [0.29, 0.717) is 22.9 Å². The molecule has 2 N–H and O–H groups in total. The molecule has 2 aromatic carbocycles. The number of carbonyl (C=O) groups excluding carboxylic acids is 2. The molecule has 2 amide bonds. The summed E-state index contributed by atoms with van der Waals surface area (Å²) < 4.78 is 21.3. The molecular weight excluding hydrogens is 387 g/mol. The maximum Gasteiger partial charge on any atom is 0.226 e. The molecule has 0 saturated carbocycles. The Hall–Kier alpha value is -3.68. The third-order valence-electron chi connectivity index (χ3n) is 4.60. The van der Waals surface area contributed by atoms with Crippen LogP contribution in [0.3, 0.4) is 0 Å². The predicted molar refractivity (Wildman–Crippen MR) is 111 cm³/mol. The van der Waals surface area contributed by atoms with Crippen molar-refractivity contribution in [1.82, 2.24) is 14.9 Å². The molecule has 0 aliphatic heterocycles. The number of halogens is 1. The molecule has 3 aromatic rings. The van der Waals surface area contributed by atoms with E-state index >= 15 is 0 Å². The lowest BCUT2D eigenvalue weighted by Gasteiger charge is -2.18. The van der Waals surface area contributed by atoms with Crippen LogP contribution in [0.15, 0.2) is 54.9 Å². The van der Waals surface area contributed by atoms with Crippen LogP contribution in [-0.4, -0.2) is 28.5 Å². The number of nitrogens with one attached hydrogen (secondary N) is 2. The number of aromatic nitrogens is 2. The summed E-state index contributed by atoms with van der Waals surface area (Å²) in [6.45, 7) is 3.16. The number of carbonyl (C=O) groups is 2. The zero-order valence-corrected chi connectivity index (χ0v) is 17.0. The Morgan fingerprint density at radius 1 is 1.20 bits per heavy atom. The van der Waals surface area contributed by atoms with Crippen LogP contribution < -0.4 is 15.4 Å². The highest BCUT2D eigenvalue weighted by atomic mass is 19.1. The molecule has 30 heavy (non-hydrogen) atoms. The van der Waals surface area contributed by atoms with Crippen LogP contribution in [-0.2, 0) is 9.59 Å². The second-order valence-corrected chi connectivity index (χ2v) is 6.79. The van der Waals surface area contributed by atoms with Crippen molar-refractivity contribution in [2.45, 2.75) is 26.3 Å². The highest BCUT2D eigenvalue weighted by Crippen LogP contribution is 2.23. The van der Waals surface area contributed by atoms with Gasteiger partial charge in [-0.3, -0.25) is 9.59 Å². The maximum atomic E-state index is 14.5. The monoisotopic (exact) mass is 410 g/mol. The first-order chi connectivity index (χ1) is 14.4. The number of ether oxygens (including phenoxy) is 1. The first-order valence-electron chi connectivity index (χ1n) is 9.38. The summed E-state index contributed by atoms with van der Waals surface area (Å²) in [4.78, 5) is 28.2. The standard InChI is InChI=1S/C22H23FN4O3/c1-14-24-10-11-27(14)21-9-6-17(12-19(21)23)26-22(29)13-20(25-15(2)28)16-4-7-18(30-3)8-5-16/h4-12,20H,13H2,1-3H3,(H,25,28)(H,26,29). The molecule has 1 atom stereocenters. The molecule has 3 rings (SSSR count). The smallest absolute Gasteiger partial charge is 0.226 e. The Bertz CT molecular complexity index is 1050. The second-order valence-electron chi connectivity index (χ2n) is 6.79. The van der Waals surface area contributed by atoms with Crippen molar-refractivity contribution >= 4 is 17.5 Å². The summed E-state index contributed by atoms with van der Waals surface area (Å²) >= 11 is 0. The first-order valence-corrected chi connectivity index (χ1v) is 9.38. The van der Waals surface area contributed by atoms with Crippen LogP contribution in [0, 0.1) is 12.7 Å². The highest BCUT2D eigenvalue weighted by Gasteiger charge is 2.18. The fourth-order valence-corrected chi connectivity index (χ4v) is 3.14. The number of benzene rings is 2. The molecule has 0 aliphatic rings. The minimum Gasteiger partial charge on any atom is -0.497 e. The average Bonchev–Trinajstić information content (AvgIpc) is 3.13. The van der Waals surface area contributed by atoms with Gasteiger partial charge in [-0.05, 0) is 42.8 Å². The third kappa shape index (κ3) is 5.02. The normalized spacial score (nSPS) is 11.6. The van der Waals surface area contributed by atoms with Gasteiger partial charge in [0.25, 0.3) is 0 Å². The maximum absolute atomic E-state index is 14.5. The molecule has 8 heteroatoms. The van der Waals surface area contributed by atoms with E-state index in [4.69, 9.17) is 4.74 Å². The zero-order chi connectivity index (χ0) is 21.7. The minimum absolute atomic E-state index is 0.00406. The number of aryl methyl sites for hydroxylation is 1. The zero-order valence-electron chi connectivity index (χ0n) is 17.0. The number of nitrogens with zero attached hydrogens (tertiary/aromatic N) is 2. The highest BCUT2D eigenvalue weighted by molar-refractivity contribution is 5.91. The SMILES string of the molecule is COc1ccc(C(CC(=O)Nc2ccc(-n3ccnc3C)c(F)c2)NC(C)=O)cc1. The second kappa shape index (κ2) is 9.21. The van der Waals surface area contributed by atoms with E-state index in [1.54, 1.807) is 67.4 Å². The third-order valence-corrected chi connectivity index (χ3v) is 4.60. The van der Waals surface area contributed by atoms with Crippen LogP contribution in [0.25, 0.3) is 5.69 Å². The molecular formula is C22H23FN4O3. The lowest BCUT2D eigenvalue weighted by molar-refractivity contribution is -0.120. The number of hydrogen-bond donors (Lipinski definition) is 2. The van der Waals surface area contributed by atoms with Crippen LogP contribution in [0.2, 0.25) is 0 Å². The molecule has 1 unspecified atom stereocenters. The summed E-state index contributed by atoms with van der Waals surface area (Å²) in [6, 6.07) is 11.0. The topological polar surface area (TPSA) is 85.2 Å².